The number of ether oxygens (including phenoxy) is 1. The van der Waals surface area contributed by atoms with Crippen molar-refractivity contribution in [3.63, 3.8) is 0 Å². The lowest BCUT2D eigenvalue weighted by atomic mass is 10.2. The van der Waals surface area contributed by atoms with E-state index in [0.29, 0.717) is 17.0 Å². The molecule has 2 atom stereocenters. The van der Waals surface area contributed by atoms with E-state index in [2.05, 4.69) is 5.32 Å². The molecule has 0 aromatic heterocycles. The number of hydrogen-bond donors (Lipinski definition) is 1. The van der Waals surface area contributed by atoms with Crippen molar-refractivity contribution in [1.82, 2.24) is 10.2 Å². The SMILES string of the molecule is Cc1cccc(N2CC(CNC(=O)C3CCCN3C(=O)C(F)(F)F)OC2=O)c1. The van der Waals surface area contributed by atoms with E-state index in [4.69, 9.17) is 4.74 Å². The Morgan fingerprint density at radius 2 is 2.07 bits per heavy atom. The summed E-state index contributed by atoms with van der Waals surface area (Å²) in [6.45, 7) is 1.93. The quantitative estimate of drug-likeness (QED) is 0.840. The van der Waals surface area contributed by atoms with Crippen molar-refractivity contribution in [2.24, 2.45) is 0 Å². The van der Waals surface area contributed by atoms with Crippen molar-refractivity contribution in [3.8, 4) is 0 Å². The van der Waals surface area contributed by atoms with Gasteiger partial charge in [0.25, 0.3) is 0 Å². The van der Waals surface area contributed by atoms with Gasteiger partial charge < -0.3 is 15.0 Å². The molecule has 2 aliphatic heterocycles. The number of halogens is 3. The standard InChI is InChI=1S/C18H20F3N3O4/c1-11-4-2-5-12(8-11)24-10-13(28-17(24)27)9-22-15(25)14-6-3-7-23(14)16(26)18(19,20)21/h2,4-5,8,13-14H,3,6-7,9-10H2,1H3,(H,22,25). The van der Waals surface area contributed by atoms with Crippen molar-refractivity contribution in [1.29, 1.82) is 0 Å². The van der Waals surface area contributed by atoms with Crippen LogP contribution in [0.25, 0.3) is 0 Å². The van der Waals surface area contributed by atoms with Crippen molar-refractivity contribution in [3.05, 3.63) is 29.8 Å². The molecule has 3 rings (SSSR count). The Labute approximate surface area is 159 Å². The number of amides is 3. The first kappa shape index (κ1) is 20.0. The van der Waals surface area contributed by atoms with Crippen LogP contribution in [0.15, 0.2) is 24.3 Å². The number of nitrogens with one attached hydrogen (secondary N) is 1. The number of alkyl halides is 3. The summed E-state index contributed by atoms with van der Waals surface area (Å²) in [6.07, 6.45) is -5.73. The highest BCUT2D eigenvalue weighted by Crippen LogP contribution is 2.26. The van der Waals surface area contributed by atoms with Crippen LogP contribution < -0.4 is 10.2 Å². The lowest BCUT2D eigenvalue weighted by molar-refractivity contribution is -0.186. The van der Waals surface area contributed by atoms with Crippen LogP contribution >= 0.6 is 0 Å². The molecule has 1 aromatic carbocycles. The molecule has 0 bridgehead atoms. The number of nitrogens with zero attached hydrogens (tertiary/aromatic N) is 2. The summed E-state index contributed by atoms with van der Waals surface area (Å²) in [6, 6.07) is 6.10. The highest BCUT2D eigenvalue weighted by molar-refractivity contribution is 5.91. The average molecular weight is 399 g/mol. The maximum absolute atomic E-state index is 12.7. The van der Waals surface area contributed by atoms with Crippen molar-refractivity contribution in [2.75, 3.05) is 24.5 Å². The number of rotatable bonds is 4. The molecule has 2 saturated heterocycles. The van der Waals surface area contributed by atoms with E-state index in [1.54, 1.807) is 12.1 Å². The second kappa shape index (κ2) is 7.69. The topological polar surface area (TPSA) is 79.0 Å². The molecule has 2 heterocycles. The Morgan fingerprint density at radius 3 is 2.75 bits per heavy atom. The second-order valence-corrected chi connectivity index (χ2v) is 6.85. The predicted molar refractivity (Wildman–Crippen MR) is 92.6 cm³/mol. The van der Waals surface area contributed by atoms with Gasteiger partial charge in [-0.2, -0.15) is 13.2 Å². The molecule has 0 saturated carbocycles. The highest BCUT2D eigenvalue weighted by Gasteiger charge is 2.47. The van der Waals surface area contributed by atoms with E-state index in [1.807, 2.05) is 19.1 Å². The molecule has 28 heavy (non-hydrogen) atoms. The van der Waals surface area contributed by atoms with Crippen LogP contribution in [0.3, 0.4) is 0 Å². The van der Waals surface area contributed by atoms with Gasteiger partial charge in [-0.1, -0.05) is 12.1 Å². The highest BCUT2D eigenvalue weighted by atomic mass is 19.4. The van der Waals surface area contributed by atoms with Gasteiger partial charge in [-0.05, 0) is 37.5 Å². The third kappa shape index (κ3) is 4.20. The summed E-state index contributed by atoms with van der Waals surface area (Å²) in [5.74, 6) is -2.69. The van der Waals surface area contributed by atoms with E-state index < -0.39 is 36.2 Å². The van der Waals surface area contributed by atoms with Gasteiger partial charge in [-0.15, -0.1) is 0 Å². The van der Waals surface area contributed by atoms with E-state index >= 15 is 0 Å². The Hall–Kier alpha value is -2.78. The Balaban J connectivity index is 1.56. The number of carbonyl (C=O) groups is 3. The molecular weight excluding hydrogens is 379 g/mol. The summed E-state index contributed by atoms with van der Waals surface area (Å²) in [4.78, 5) is 37.8. The fraction of sp³-hybridized carbons (Fsp3) is 0.500. The summed E-state index contributed by atoms with van der Waals surface area (Å²) in [5.41, 5.74) is 1.63. The van der Waals surface area contributed by atoms with Gasteiger partial charge in [-0.25, -0.2) is 4.79 Å². The van der Waals surface area contributed by atoms with Crippen LogP contribution in [0.4, 0.5) is 23.7 Å². The lowest BCUT2D eigenvalue weighted by Gasteiger charge is -2.25. The smallest absolute Gasteiger partial charge is 0.442 e. The van der Waals surface area contributed by atoms with Crippen LogP contribution in [-0.2, 0) is 14.3 Å². The molecule has 1 N–H and O–H groups in total. The van der Waals surface area contributed by atoms with Crippen molar-refractivity contribution < 1.29 is 32.3 Å². The van der Waals surface area contributed by atoms with E-state index in [9.17, 15) is 27.6 Å². The number of anilines is 1. The number of cyclic esters (lactones) is 1. The maximum Gasteiger partial charge on any atom is 0.471 e. The average Bonchev–Trinajstić information content (AvgIpc) is 3.25. The Bertz CT molecular complexity index is 784. The zero-order valence-electron chi connectivity index (χ0n) is 15.2. The summed E-state index contributed by atoms with van der Waals surface area (Å²) >= 11 is 0. The number of carbonyl (C=O) groups excluding carboxylic acids is 3. The molecule has 10 heteroatoms. The molecule has 2 aliphatic rings. The fourth-order valence-corrected chi connectivity index (χ4v) is 3.41. The first-order valence-corrected chi connectivity index (χ1v) is 8.87. The second-order valence-electron chi connectivity index (χ2n) is 6.85. The van der Waals surface area contributed by atoms with Gasteiger partial charge in [0.05, 0.1) is 13.1 Å². The number of aryl methyl sites for hydroxylation is 1. The van der Waals surface area contributed by atoms with Gasteiger partial charge >= 0.3 is 18.2 Å². The molecule has 0 aliphatic carbocycles. The minimum atomic E-state index is -5.02. The summed E-state index contributed by atoms with van der Waals surface area (Å²) in [7, 11) is 0. The molecule has 2 fully saturated rings. The van der Waals surface area contributed by atoms with Gasteiger partial charge in [0.2, 0.25) is 5.91 Å². The van der Waals surface area contributed by atoms with E-state index in [1.165, 1.54) is 4.90 Å². The van der Waals surface area contributed by atoms with Crippen LogP contribution in [0, 0.1) is 6.92 Å². The van der Waals surface area contributed by atoms with Crippen LogP contribution in [0.1, 0.15) is 18.4 Å². The molecule has 2 unspecified atom stereocenters. The zero-order chi connectivity index (χ0) is 20.5. The molecule has 7 nitrogen and oxygen atoms in total. The van der Waals surface area contributed by atoms with Crippen molar-refractivity contribution >= 4 is 23.6 Å². The first-order chi connectivity index (χ1) is 13.2. The fourth-order valence-electron chi connectivity index (χ4n) is 3.41. The predicted octanol–water partition coefficient (Wildman–Crippen LogP) is 1.99. The molecule has 1 aromatic rings. The molecule has 0 radical (unpaired) electrons. The van der Waals surface area contributed by atoms with Crippen LogP contribution in [-0.4, -0.2) is 60.8 Å². The van der Waals surface area contributed by atoms with Crippen LogP contribution in [0.5, 0.6) is 0 Å². The largest absolute Gasteiger partial charge is 0.471 e. The molecular formula is C18H20F3N3O4. The van der Waals surface area contributed by atoms with Crippen molar-refractivity contribution in [2.45, 2.75) is 38.1 Å². The van der Waals surface area contributed by atoms with Gasteiger partial charge in [-0.3, -0.25) is 14.5 Å². The van der Waals surface area contributed by atoms with Crippen LogP contribution in [0.2, 0.25) is 0 Å². The molecule has 152 valence electrons. The Morgan fingerprint density at radius 1 is 1.32 bits per heavy atom. The maximum atomic E-state index is 12.7. The van der Waals surface area contributed by atoms with E-state index in [-0.39, 0.29) is 26.1 Å². The minimum Gasteiger partial charge on any atom is -0.442 e. The number of likely N-dealkylation sites (tertiary alicyclic amines) is 1. The first-order valence-electron chi connectivity index (χ1n) is 8.87. The Kier molecular flexibility index (Phi) is 5.48. The van der Waals surface area contributed by atoms with E-state index in [0.717, 1.165) is 5.56 Å². The number of hydrogen-bond acceptors (Lipinski definition) is 4. The summed E-state index contributed by atoms with van der Waals surface area (Å²) < 4.78 is 43.2. The lowest BCUT2D eigenvalue weighted by Crippen LogP contribution is -2.51. The van der Waals surface area contributed by atoms with Gasteiger partial charge in [0.1, 0.15) is 12.1 Å². The number of benzene rings is 1. The van der Waals surface area contributed by atoms with Gasteiger partial charge in [0, 0.05) is 12.2 Å². The zero-order valence-corrected chi connectivity index (χ0v) is 15.2. The summed E-state index contributed by atoms with van der Waals surface area (Å²) in [5, 5.41) is 2.50. The third-order valence-corrected chi connectivity index (χ3v) is 4.75. The minimum absolute atomic E-state index is 0.0442. The normalized spacial score (nSPS) is 22.4. The molecule has 3 amide bonds. The third-order valence-electron chi connectivity index (χ3n) is 4.75. The molecule has 0 spiro atoms. The monoisotopic (exact) mass is 399 g/mol. The van der Waals surface area contributed by atoms with Gasteiger partial charge in [0.15, 0.2) is 0 Å².